The average Bonchev–Trinajstić information content (AvgIpc) is 2.93. The van der Waals surface area contributed by atoms with E-state index in [1.54, 1.807) is 24.3 Å². The molecule has 2 aromatic rings. The molecule has 1 heterocycles. The smallest absolute Gasteiger partial charge is 0.327 e. The number of benzene rings is 2. The Balaban J connectivity index is 2.20. The molecule has 122 valence electrons. The van der Waals surface area contributed by atoms with Crippen molar-refractivity contribution in [1.29, 1.82) is 0 Å². The van der Waals surface area contributed by atoms with Gasteiger partial charge in [0.2, 0.25) is 0 Å². The number of carboxylic acid groups (broad SMARTS) is 1. The van der Waals surface area contributed by atoms with E-state index in [2.05, 4.69) is 0 Å². The van der Waals surface area contributed by atoms with Crippen LogP contribution in [0.1, 0.15) is 5.56 Å². The van der Waals surface area contributed by atoms with Gasteiger partial charge in [0, 0.05) is 18.2 Å². The van der Waals surface area contributed by atoms with Gasteiger partial charge < -0.3 is 10.0 Å². The van der Waals surface area contributed by atoms with E-state index in [4.69, 9.17) is 0 Å². The highest BCUT2D eigenvalue weighted by atomic mass is 16.6. The summed E-state index contributed by atoms with van der Waals surface area (Å²) in [6.07, 6.45) is 0.194. The van der Waals surface area contributed by atoms with Crippen LogP contribution >= 0.6 is 0 Å². The third kappa shape index (κ3) is 2.41. The number of carbonyl (C=O) groups is 1. The third-order valence-electron chi connectivity index (χ3n) is 3.89. The van der Waals surface area contributed by atoms with Gasteiger partial charge in [-0.25, -0.2) is 4.79 Å². The van der Waals surface area contributed by atoms with Crippen molar-refractivity contribution in [2.24, 2.45) is 0 Å². The Hall–Kier alpha value is -3.49. The molecule has 24 heavy (non-hydrogen) atoms. The molecule has 0 fully saturated rings. The van der Waals surface area contributed by atoms with E-state index in [1.165, 1.54) is 11.0 Å². The van der Waals surface area contributed by atoms with Gasteiger partial charge in [0.1, 0.15) is 11.7 Å². The number of non-ortho nitro benzene ring substituents is 1. The second kappa shape index (κ2) is 5.61. The van der Waals surface area contributed by atoms with Crippen molar-refractivity contribution >= 4 is 28.7 Å². The van der Waals surface area contributed by atoms with Crippen LogP contribution in [0.5, 0.6) is 0 Å². The summed E-state index contributed by atoms with van der Waals surface area (Å²) in [5, 5.41) is 31.7. The van der Waals surface area contributed by atoms with Gasteiger partial charge >= 0.3 is 5.97 Å². The van der Waals surface area contributed by atoms with E-state index >= 15 is 0 Å². The molecule has 0 saturated heterocycles. The lowest BCUT2D eigenvalue weighted by Gasteiger charge is -2.24. The quantitative estimate of drug-likeness (QED) is 0.674. The van der Waals surface area contributed by atoms with Crippen LogP contribution in [0.25, 0.3) is 0 Å². The second-order valence-corrected chi connectivity index (χ2v) is 5.24. The first-order chi connectivity index (χ1) is 11.4. The summed E-state index contributed by atoms with van der Waals surface area (Å²) in [6, 6.07) is 9.05. The van der Waals surface area contributed by atoms with E-state index in [0.717, 1.165) is 17.7 Å². The summed E-state index contributed by atoms with van der Waals surface area (Å²) in [5.41, 5.74) is 0.374. The van der Waals surface area contributed by atoms with E-state index < -0.39 is 33.2 Å². The Bertz CT molecular complexity index is 866. The largest absolute Gasteiger partial charge is 0.480 e. The molecule has 1 N–H and O–H groups in total. The van der Waals surface area contributed by atoms with E-state index in [9.17, 15) is 30.1 Å². The summed E-state index contributed by atoms with van der Waals surface area (Å²) in [5.74, 6) is -1.13. The number of anilines is 2. The average molecular weight is 329 g/mol. The number of hydrogen-bond donors (Lipinski definition) is 1. The molecule has 1 atom stereocenters. The van der Waals surface area contributed by atoms with Crippen molar-refractivity contribution in [3.05, 3.63) is 68.3 Å². The summed E-state index contributed by atoms with van der Waals surface area (Å²) in [6.45, 7) is 0. The normalized spacial score (nSPS) is 15.8. The first-order valence-electron chi connectivity index (χ1n) is 6.93. The number of hydrogen-bond acceptors (Lipinski definition) is 6. The number of nitro benzene ring substituents is 2. The minimum absolute atomic E-state index is 0.0166. The maximum Gasteiger partial charge on any atom is 0.327 e. The molecule has 0 amide bonds. The highest BCUT2D eigenvalue weighted by Crippen LogP contribution is 2.43. The molecule has 9 heteroatoms. The molecular formula is C15H11N3O6. The van der Waals surface area contributed by atoms with Crippen molar-refractivity contribution in [2.45, 2.75) is 12.5 Å². The van der Waals surface area contributed by atoms with Gasteiger partial charge in [-0.3, -0.25) is 20.2 Å². The van der Waals surface area contributed by atoms with Crippen molar-refractivity contribution in [3.8, 4) is 0 Å². The molecule has 0 radical (unpaired) electrons. The molecule has 9 nitrogen and oxygen atoms in total. The van der Waals surface area contributed by atoms with Crippen molar-refractivity contribution < 1.29 is 19.7 Å². The molecule has 0 aliphatic carbocycles. The van der Waals surface area contributed by atoms with Crippen LogP contribution < -0.4 is 4.90 Å². The van der Waals surface area contributed by atoms with E-state index in [-0.39, 0.29) is 12.1 Å². The molecule has 0 saturated carbocycles. The second-order valence-electron chi connectivity index (χ2n) is 5.24. The first kappa shape index (κ1) is 15.4. The molecule has 2 aromatic carbocycles. The zero-order valence-electron chi connectivity index (χ0n) is 12.2. The molecule has 3 rings (SSSR count). The predicted octanol–water partition coefficient (Wildman–Crippen LogP) is 2.65. The number of nitro groups is 2. The summed E-state index contributed by atoms with van der Waals surface area (Å²) >= 11 is 0. The van der Waals surface area contributed by atoms with Gasteiger partial charge in [0.25, 0.3) is 11.4 Å². The maximum absolute atomic E-state index is 11.6. The number of carboxylic acids is 1. The van der Waals surface area contributed by atoms with Crippen LogP contribution in [-0.2, 0) is 11.2 Å². The lowest BCUT2D eigenvalue weighted by molar-refractivity contribution is -0.393. The fourth-order valence-corrected chi connectivity index (χ4v) is 2.86. The number of rotatable bonds is 4. The van der Waals surface area contributed by atoms with Crippen LogP contribution in [0.2, 0.25) is 0 Å². The number of nitrogens with zero attached hydrogens (tertiary/aromatic N) is 3. The van der Waals surface area contributed by atoms with Crippen LogP contribution in [-0.4, -0.2) is 27.0 Å². The lowest BCUT2D eigenvalue weighted by atomic mass is 10.1. The predicted molar refractivity (Wildman–Crippen MR) is 83.5 cm³/mol. The van der Waals surface area contributed by atoms with Gasteiger partial charge in [-0.2, -0.15) is 0 Å². The molecule has 1 unspecified atom stereocenters. The van der Waals surface area contributed by atoms with Crippen LogP contribution in [0, 0.1) is 20.2 Å². The van der Waals surface area contributed by atoms with E-state index in [1.807, 2.05) is 0 Å². The third-order valence-corrected chi connectivity index (χ3v) is 3.89. The molecule has 0 bridgehead atoms. The molecule has 0 aromatic heterocycles. The topological polar surface area (TPSA) is 127 Å². The van der Waals surface area contributed by atoms with Gasteiger partial charge in [-0.1, -0.05) is 18.2 Å². The Kier molecular flexibility index (Phi) is 3.60. The summed E-state index contributed by atoms with van der Waals surface area (Å²) < 4.78 is 0. The fraction of sp³-hybridized carbons (Fsp3) is 0.133. The number of aliphatic carboxylic acids is 1. The van der Waals surface area contributed by atoms with Crippen LogP contribution in [0.3, 0.4) is 0 Å². The molecule has 1 aliphatic heterocycles. The Morgan fingerprint density at radius 2 is 1.79 bits per heavy atom. The van der Waals surface area contributed by atoms with Crippen molar-refractivity contribution in [3.63, 3.8) is 0 Å². The molecule has 0 spiro atoms. The maximum atomic E-state index is 11.6. The van der Waals surface area contributed by atoms with Crippen LogP contribution in [0.15, 0.2) is 42.5 Å². The highest BCUT2D eigenvalue weighted by Gasteiger charge is 2.38. The van der Waals surface area contributed by atoms with Gasteiger partial charge in [-0.05, 0) is 17.7 Å². The van der Waals surface area contributed by atoms with Gasteiger partial charge in [-0.15, -0.1) is 0 Å². The van der Waals surface area contributed by atoms with Crippen molar-refractivity contribution in [2.75, 3.05) is 4.90 Å². The van der Waals surface area contributed by atoms with E-state index in [0.29, 0.717) is 5.69 Å². The first-order valence-corrected chi connectivity index (χ1v) is 6.93. The lowest BCUT2D eigenvalue weighted by Crippen LogP contribution is -2.35. The van der Waals surface area contributed by atoms with Gasteiger partial charge in [0.05, 0.1) is 15.9 Å². The Morgan fingerprint density at radius 3 is 2.42 bits per heavy atom. The summed E-state index contributed by atoms with van der Waals surface area (Å²) in [7, 11) is 0. The van der Waals surface area contributed by atoms with Gasteiger partial charge in [0.15, 0.2) is 0 Å². The Labute approximate surface area is 135 Å². The molecule has 1 aliphatic rings. The standard InChI is InChI=1S/C15H11N3O6/c19-15(20)14-7-9-3-1-2-4-11(9)16(14)12-6-5-10(17(21)22)8-13(12)18(23)24/h1-6,8,14H,7H2,(H,19,20). The van der Waals surface area contributed by atoms with Crippen molar-refractivity contribution in [1.82, 2.24) is 0 Å². The Morgan fingerprint density at radius 1 is 1.08 bits per heavy atom. The number of fused-ring (bicyclic) bond motifs is 1. The monoisotopic (exact) mass is 329 g/mol. The number of para-hydroxylation sites is 1. The molecular weight excluding hydrogens is 318 g/mol. The SMILES string of the molecule is O=C(O)C1Cc2ccccc2N1c1ccc([N+](=O)[O-])cc1[N+](=O)[O-]. The highest BCUT2D eigenvalue weighted by molar-refractivity contribution is 5.89. The minimum atomic E-state index is -1.13. The minimum Gasteiger partial charge on any atom is -0.480 e. The van der Waals surface area contributed by atoms with Crippen LogP contribution in [0.4, 0.5) is 22.7 Å². The fourth-order valence-electron chi connectivity index (χ4n) is 2.86. The zero-order valence-corrected chi connectivity index (χ0v) is 12.2. The zero-order chi connectivity index (χ0) is 17.4. The summed E-state index contributed by atoms with van der Waals surface area (Å²) in [4.78, 5) is 33.7.